The summed E-state index contributed by atoms with van der Waals surface area (Å²) in [5.74, 6) is -0.820. The summed E-state index contributed by atoms with van der Waals surface area (Å²) < 4.78 is 29.2. The van der Waals surface area contributed by atoms with E-state index in [9.17, 15) is 18.0 Å². The summed E-state index contributed by atoms with van der Waals surface area (Å²) in [5, 5.41) is 2.70. The summed E-state index contributed by atoms with van der Waals surface area (Å²) in [4.78, 5) is 29.1. The molecule has 0 spiro atoms. The Labute approximate surface area is 242 Å². The molecule has 0 aliphatic rings. The zero-order valence-electron chi connectivity index (χ0n) is 23.5. The lowest BCUT2D eigenvalue weighted by molar-refractivity contribution is -0.139. The molecule has 1 unspecified atom stereocenters. The molecule has 1 atom stereocenters. The molecule has 0 aromatic heterocycles. The van der Waals surface area contributed by atoms with Gasteiger partial charge in [-0.15, -0.1) is 0 Å². The van der Waals surface area contributed by atoms with Crippen LogP contribution in [-0.2, 0) is 32.6 Å². The lowest BCUT2D eigenvalue weighted by Gasteiger charge is -2.34. The highest BCUT2D eigenvalue weighted by atomic mass is 32.2. The molecule has 0 aliphatic heterocycles. The van der Waals surface area contributed by atoms with Crippen LogP contribution >= 0.6 is 0 Å². The van der Waals surface area contributed by atoms with Crippen LogP contribution in [0, 0.1) is 13.8 Å². The monoisotopic (exact) mass is 569 g/mol. The van der Waals surface area contributed by atoms with Gasteiger partial charge in [0.05, 0.1) is 10.6 Å². The molecule has 41 heavy (non-hydrogen) atoms. The third-order valence-corrected chi connectivity index (χ3v) is 8.76. The van der Waals surface area contributed by atoms with Gasteiger partial charge in [-0.2, -0.15) is 0 Å². The Morgan fingerprint density at radius 1 is 0.756 bits per heavy atom. The normalized spacial score (nSPS) is 11.9. The molecule has 4 aromatic rings. The summed E-state index contributed by atoms with van der Waals surface area (Å²) >= 11 is 0. The fourth-order valence-corrected chi connectivity index (χ4v) is 6.17. The molecule has 4 rings (SSSR count). The van der Waals surface area contributed by atoms with Gasteiger partial charge in [0, 0.05) is 20.0 Å². The number of rotatable bonds is 11. The molecule has 0 heterocycles. The number of amides is 2. The summed E-state index contributed by atoms with van der Waals surface area (Å²) in [6.07, 6.45) is 0.272. The number of carbonyl (C=O) groups excluding carboxylic acids is 2. The van der Waals surface area contributed by atoms with Gasteiger partial charge in [-0.25, -0.2) is 8.42 Å². The Bertz CT molecular complexity index is 1570. The number of hydrogen-bond donors (Lipinski definition) is 1. The molecule has 2 amide bonds. The zero-order valence-corrected chi connectivity index (χ0v) is 24.3. The molecule has 1 N–H and O–H groups in total. The maximum absolute atomic E-state index is 14.3. The second-order valence-corrected chi connectivity index (χ2v) is 11.8. The van der Waals surface area contributed by atoms with Gasteiger partial charge in [0.1, 0.15) is 12.6 Å². The molecule has 8 heteroatoms. The first-order valence-electron chi connectivity index (χ1n) is 13.4. The average Bonchev–Trinajstić information content (AvgIpc) is 2.99. The molecule has 0 fully saturated rings. The molecule has 0 bridgehead atoms. The maximum Gasteiger partial charge on any atom is 0.264 e. The number of para-hydroxylation sites is 1. The van der Waals surface area contributed by atoms with Crippen LogP contribution in [0.3, 0.4) is 0 Å². The number of aryl methyl sites for hydroxylation is 2. The molecular formula is C33H35N3O4S. The van der Waals surface area contributed by atoms with E-state index in [0.717, 1.165) is 21.0 Å². The Hall–Kier alpha value is -4.43. The predicted octanol–water partition coefficient (Wildman–Crippen LogP) is 4.88. The SMILES string of the molecule is CNC(=O)C(Cc1ccccc1)N(Cc1ccccc1)C(=O)CN(c1ccccc1C)S(=O)(=O)c1ccc(C)cc1. The molecule has 0 saturated heterocycles. The minimum Gasteiger partial charge on any atom is -0.357 e. The van der Waals surface area contributed by atoms with Crippen LogP contribution in [0.15, 0.2) is 114 Å². The van der Waals surface area contributed by atoms with Gasteiger partial charge in [-0.05, 0) is 48.7 Å². The maximum atomic E-state index is 14.3. The highest BCUT2D eigenvalue weighted by Crippen LogP contribution is 2.28. The van der Waals surface area contributed by atoms with Crippen LogP contribution in [0.4, 0.5) is 5.69 Å². The van der Waals surface area contributed by atoms with E-state index in [1.807, 2.05) is 86.6 Å². The van der Waals surface area contributed by atoms with Crippen LogP contribution in [0.5, 0.6) is 0 Å². The topological polar surface area (TPSA) is 86.8 Å². The van der Waals surface area contributed by atoms with Gasteiger partial charge in [-0.3, -0.25) is 13.9 Å². The first kappa shape index (κ1) is 29.6. The second kappa shape index (κ2) is 13.3. The number of anilines is 1. The van der Waals surface area contributed by atoms with Crippen LogP contribution in [-0.4, -0.2) is 44.8 Å². The third kappa shape index (κ3) is 7.21. The summed E-state index contributed by atoms with van der Waals surface area (Å²) in [6.45, 7) is 3.35. The van der Waals surface area contributed by atoms with Crippen LogP contribution < -0.4 is 9.62 Å². The number of hydrogen-bond acceptors (Lipinski definition) is 4. The lowest BCUT2D eigenvalue weighted by atomic mass is 10.0. The van der Waals surface area contributed by atoms with Gasteiger partial charge >= 0.3 is 0 Å². The largest absolute Gasteiger partial charge is 0.357 e. The van der Waals surface area contributed by atoms with E-state index >= 15 is 0 Å². The van der Waals surface area contributed by atoms with Crippen molar-refractivity contribution in [1.29, 1.82) is 0 Å². The summed E-state index contributed by atoms with van der Waals surface area (Å²) in [5.41, 5.74) is 3.74. The van der Waals surface area contributed by atoms with E-state index in [-0.39, 0.29) is 23.8 Å². The Kier molecular flexibility index (Phi) is 9.57. The van der Waals surface area contributed by atoms with E-state index in [2.05, 4.69) is 5.32 Å². The third-order valence-electron chi connectivity index (χ3n) is 6.99. The highest BCUT2D eigenvalue weighted by molar-refractivity contribution is 7.92. The number of nitrogens with zero attached hydrogens (tertiary/aromatic N) is 2. The van der Waals surface area contributed by atoms with E-state index in [1.54, 1.807) is 36.4 Å². The van der Waals surface area contributed by atoms with Crippen molar-refractivity contribution in [2.45, 2.75) is 37.8 Å². The highest BCUT2D eigenvalue weighted by Gasteiger charge is 2.34. The number of benzene rings is 4. The number of sulfonamides is 1. The minimum atomic E-state index is -4.12. The van der Waals surface area contributed by atoms with Crippen molar-refractivity contribution in [2.75, 3.05) is 17.9 Å². The Balaban J connectivity index is 1.78. The number of nitrogens with one attached hydrogen (secondary N) is 1. The minimum absolute atomic E-state index is 0.0842. The van der Waals surface area contributed by atoms with Gasteiger partial charge in [0.15, 0.2) is 0 Å². The molecule has 0 aliphatic carbocycles. The van der Waals surface area contributed by atoms with Gasteiger partial charge in [0.25, 0.3) is 10.0 Å². The van der Waals surface area contributed by atoms with E-state index in [4.69, 9.17) is 0 Å². The van der Waals surface area contributed by atoms with E-state index < -0.39 is 28.5 Å². The van der Waals surface area contributed by atoms with Crippen molar-refractivity contribution < 1.29 is 18.0 Å². The molecule has 4 aromatic carbocycles. The van der Waals surface area contributed by atoms with Crippen LogP contribution in [0.2, 0.25) is 0 Å². The average molecular weight is 570 g/mol. The quantitative estimate of drug-likeness (QED) is 0.279. The first-order chi connectivity index (χ1) is 19.7. The van der Waals surface area contributed by atoms with E-state index in [0.29, 0.717) is 11.3 Å². The second-order valence-electron chi connectivity index (χ2n) is 9.94. The van der Waals surface area contributed by atoms with Crippen LogP contribution in [0.1, 0.15) is 22.3 Å². The summed E-state index contributed by atoms with van der Waals surface area (Å²) in [6, 6.07) is 31.6. The molecular weight excluding hydrogens is 534 g/mol. The van der Waals surface area contributed by atoms with Crippen molar-refractivity contribution in [3.8, 4) is 0 Å². The van der Waals surface area contributed by atoms with Crippen molar-refractivity contribution in [3.63, 3.8) is 0 Å². The fourth-order valence-electron chi connectivity index (χ4n) is 4.69. The molecule has 7 nitrogen and oxygen atoms in total. The van der Waals surface area contributed by atoms with Crippen molar-refractivity contribution in [2.24, 2.45) is 0 Å². The standard InChI is InChI=1S/C33H35N3O4S/c1-25-18-20-29(21-19-25)41(39,40)36(30-17-11-10-12-26(30)2)24-32(37)35(23-28-15-8-5-9-16-28)31(33(38)34-3)22-27-13-6-4-7-14-27/h4-21,31H,22-24H2,1-3H3,(H,34,38). The van der Waals surface area contributed by atoms with Gasteiger partial charge < -0.3 is 10.2 Å². The van der Waals surface area contributed by atoms with E-state index in [1.165, 1.54) is 11.9 Å². The number of carbonyl (C=O) groups is 2. The smallest absolute Gasteiger partial charge is 0.264 e. The van der Waals surface area contributed by atoms with Crippen molar-refractivity contribution in [3.05, 3.63) is 131 Å². The van der Waals surface area contributed by atoms with Crippen molar-refractivity contribution >= 4 is 27.5 Å². The Morgan fingerprint density at radius 3 is 1.90 bits per heavy atom. The fraction of sp³-hybridized carbons (Fsp3) is 0.212. The lowest BCUT2D eigenvalue weighted by Crippen LogP contribution is -2.53. The molecule has 212 valence electrons. The van der Waals surface area contributed by atoms with Gasteiger partial charge in [-0.1, -0.05) is 96.6 Å². The zero-order chi connectivity index (χ0) is 29.4. The predicted molar refractivity (Wildman–Crippen MR) is 162 cm³/mol. The Morgan fingerprint density at radius 2 is 1.32 bits per heavy atom. The summed E-state index contributed by atoms with van der Waals surface area (Å²) in [7, 11) is -2.59. The first-order valence-corrected chi connectivity index (χ1v) is 14.9. The van der Waals surface area contributed by atoms with Crippen molar-refractivity contribution in [1.82, 2.24) is 10.2 Å². The van der Waals surface area contributed by atoms with Crippen LogP contribution in [0.25, 0.3) is 0 Å². The number of likely N-dealkylation sites (N-methyl/N-ethyl adjacent to an activating group) is 1. The molecule has 0 radical (unpaired) electrons. The van der Waals surface area contributed by atoms with Gasteiger partial charge in [0.2, 0.25) is 11.8 Å². The molecule has 0 saturated carbocycles.